The third kappa shape index (κ3) is 10.4. The molecule has 0 unspecified atom stereocenters. The molecule has 0 nitrogen and oxygen atoms in total. The standard InChI is InChI=1S/2C25H23.C12H7Si.2ClH.Zr/c2*1-3-18-16-21-15-14-19(4-2)25(24(21)17-18)23-13-9-8-12-22(23)20-10-6-5-7-11-20;1-3-7-11-9(5-1)10-6-2-4-8-12(10)13-11;;;/h2*5-17H,3-4H2,1-2H3;1-7H;2*1H;/q3*-1;;;+2/p-2. The predicted octanol–water partition coefficient (Wildman–Crippen LogP) is 16.5. The maximum absolute atomic E-state index is 4.93. The van der Waals surface area contributed by atoms with Gasteiger partial charge in [-0.25, -0.2) is 0 Å². The maximum Gasteiger partial charge on any atom is 0.0920 e. The van der Waals surface area contributed by atoms with Crippen molar-refractivity contribution in [2.75, 3.05) is 0 Å². The van der Waals surface area contributed by atoms with Gasteiger partial charge in [-0.05, 0) is 59.1 Å². The zero-order chi connectivity index (χ0) is 45.8. The molecule has 0 spiro atoms. The van der Waals surface area contributed by atoms with Gasteiger partial charge in [0, 0.05) is 0 Å². The number of rotatable bonds is 8. The quantitative estimate of drug-likeness (QED) is 0.105. The number of aryl methyl sites for hydroxylation is 4. The second-order valence-corrected chi connectivity index (χ2v) is 21.4. The third-order valence-electron chi connectivity index (χ3n) is 12.5. The Morgan fingerprint density at radius 1 is 0.439 bits per heavy atom. The van der Waals surface area contributed by atoms with Crippen molar-refractivity contribution >= 4 is 58.5 Å². The molecule has 66 heavy (non-hydrogen) atoms. The van der Waals surface area contributed by atoms with Gasteiger partial charge in [-0.2, -0.15) is 41.6 Å². The summed E-state index contributed by atoms with van der Waals surface area (Å²) in [5.74, 6) is 0. The second-order valence-electron chi connectivity index (χ2n) is 16.4. The maximum atomic E-state index is 4.93. The molecule has 10 aromatic carbocycles. The third-order valence-corrected chi connectivity index (χ3v) is 13.9. The van der Waals surface area contributed by atoms with Crippen LogP contribution >= 0.6 is 17.0 Å². The average molecular weight is 988 g/mol. The minimum atomic E-state index is -0.826. The second kappa shape index (κ2) is 22.9. The van der Waals surface area contributed by atoms with Gasteiger partial charge in [0.2, 0.25) is 0 Å². The van der Waals surface area contributed by atoms with E-state index in [2.05, 4.69) is 228 Å². The molecule has 0 fully saturated rings. The van der Waals surface area contributed by atoms with E-state index in [1.54, 1.807) is 0 Å². The fourth-order valence-electron chi connectivity index (χ4n) is 9.28. The summed E-state index contributed by atoms with van der Waals surface area (Å²) in [5, 5.41) is 8.31. The van der Waals surface area contributed by atoms with Crippen LogP contribution < -0.4 is 10.4 Å². The van der Waals surface area contributed by atoms with Gasteiger partial charge in [-0.15, -0.1) is 74.6 Å². The van der Waals surface area contributed by atoms with Gasteiger partial charge in [-0.3, -0.25) is 0 Å². The average Bonchev–Trinajstić information content (AvgIpc) is 4.12. The number of hydrogen-bond donors (Lipinski definition) is 0. The van der Waals surface area contributed by atoms with Crippen LogP contribution in [0.3, 0.4) is 0 Å². The Labute approximate surface area is 413 Å². The molecule has 4 heteroatoms. The van der Waals surface area contributed by atoms with E-state index >= 15 is 0 Å². The van der Waals surface area contributed by atoms with Gasteiger partial charge in [0.1, 0.15) is 0 Å². The van der Waals surface area contributed by atoms with E-state index in [1.165, 1.54) is 110 Å². The van der Waals surface area contributed by atoms with E-state index in [-0.39, 0.29) is 0 Å². The first-order valence-corrected chi connectivity index (χ1v) is 30.4. The first-order chi connectivity index (χ1) is 32.5. The van der Waals surface area contributed by atoms with Gasteiger partial charge in [0.25, 0.3) is 0 Å². The smallest absolute Gasteiger partial charge is 0.0920 e. The van der Waals surface area contributed by atoms with Crippen LogP contribution in [-0.4, -0.2) is 9.52 Å². The van der Waals surface area contributed by atoms with Gasteiger partial charge in [0.15, 0.2) is 0 Å². The van der Waals surface area contributed by atoms with Crippen molar-refractivity contribution < 1.29 is 20.8 Å². The molecule has 0 saturated carbocycles. The van der Waals surface area contributed by atoms with E-state index in [1.807, 2.05) is 6.07 Å². The zero-order valence-electron chi connectivity index (χ0n) is 38.1. The van der Waals surface area contributed by atoms with Crippen LogP contribution in [0.2, 0.25) is 0 Å². The molecule has 0 saturated heterocycles. The van der Waals surface area contributed by atoms with Crippen molar-refractivity contribution in [3.63, 3.8) is 0 Å². The minimum absolute atomic E-state index is 0.795. The molecule has 10 aromatic rings. The number of fused-ring (bicyclic) bond motifs is 5. The molecule has 0 atom stereocenters. The Bertz CT molecular complexity index is 2950. The Morgan fingerprint density at radius 2 is 0.848 bits per heavy atom. The summed E-state index contributed by atoms with van der Waals surface area (Å²) in [4.78, 5) is 0. The summed E-state index contributed by atoms with van der Waals surface area (Å²) in [7, 11) is 10.7. The molecule has 2 radical (unpaired) electrons. The van der Waals surface area contributed by atoms with Crippen molar-refractivity contribution in [1.82, 2.24) is 0 Å². The van der Waals surface area contributed by atoms with Crippen LogP contribution in [0.5, 0.6) is 0 Å². The number of benzene rings is 8. The Kier molecular flexibility index (Phi) is 16.4. The summed E-state index contributed by atoms with van der Waals surface area (Å²) in [6.45, 7) is 8.96. The van der Waals surface area contributed by atoms with Gasteiger partial charge >= 0.3 is 37.9 Å². The Morgan fingerprint density at radius 3 is 1.30 bits per heavy atom. The van der Waals surface area contributed by atoms with Crippen LogP contribution in [0.15, 0.2) is 200 Å². The monoisotopic (exact) mass is 985 g/mol. The van der Waals surface area contributed by atoms with Crippen molar-refractivity contribution in [1.29, 1.82) is 0 Å². The number of halogens is 2. The summed E-state index contributed by atoms with van der Waals surface area (Å²) in [6, 6.07) is 75.8. The van der Waals surface area contributed by atoms with Crippen molar-refractivity contribution in [3.05, 3.63) is 229 Å². The van der Waals surface area contributed by atoms with Crippen LogP contribution in [0, 0.1) is 6.07 Å². The minimum Gasteiger partial charge on any atom is -0.184 e. The van der Waals surface area contributed by atoms with E-state index in [9.17, 15) is 0 Å². The Hall–Kier alpha value is -5.34. The fourth-order valence-corrected chi connectivity index (χ4v) is 10.6. The first-order valence-electron chi connectivity index (χ1n) is 23.0. The number of hydrogen-bond acceptors (Lipinski definition) is 0. The molecule has 0 aliphatic carbocycles. The van der Waals surface area contributed by atoms with Crippen molar-refractivity contribution in [3.8, 4) is 55.6 Å². The molecule has 11 rings (SSSR count). The summed E-state index contributed by atoms with van der Waals surface area (Å²) in [5.41, 5.74) is 19.1. The van der Waals surface area contributed by atoms with Crippen LogP contribution in [-0.2, 0) is 46.5 Å². The molecule has 326 valence electrons. The molecule has 0 aromatic heterocycles. The van der Waals surface area contributed by atoms with E-state index in [0.29, 0.717) is 0 Å². The van der Waals surface area contributed by atoms with Gasteiger partial charge in [0.05, 0.1) is 9.52 Å². The van der Waals surface area contributed by atoms with Crippen molar-refractivity contribution in [2.24, 2.45) is 0 Å². The fraction of sp³-hybridized carbons (Fsp3) is 0.129. The molecule has 0 bridgehead atoms. The first kappa shape index (κ1) is 47.2. The molecule has 1 aliphatic rings. The summed E-state index contributed by atoms with van der Waals surface area (Å²) in [6.07, 6.45) is 4.24. The van der Waals surface area contributed by atoms with Crippen LogP contribution in [0.1, 0.15) is 49.9 Å². The van der Waals surface area contributed by atoms with Crippen LogP contribution in [0.25, 0.3) is 77.2 Å². The molecule has 1 heterocycles. The van der Waals surface area contributed by atoms with Crippen molar-refractivity contribution in [2.45, 2.75) is 53.4 Å². The molecular formula is C62H53Cl2SiZr-3. The Balaban J connectivity index is 0.000000136. The van der Waals surface area contributed by atoms with E-state index in [0.717, 1.165) is 35.2 Å². The SMILES string of the molecule is CCc1cc2c(-c3ccccc3-c3ccccc3)c(CC)ccc2[cH-]1.CCc1cc2c(-c3ccccc3-c3ccccc3)c(CC)ccc2[cH-]1.[Cl][Zr][Cl].[c-]1cccc2c1[Si]c1ccccc1-2. The summed E-state index contributed by atoms with van der Waals surface area (Å²) < 4.78 is 0. The molecule has 1 aliphatic heterocycles. The molecular weight excluding hydrogens is 935 g/mol. The molecule has 0 amide bonds. The summed E-state index contributed by atoms with van der Waals surface area (Å²) >= 11 is -0.826. The zero-order valence-corrected chi connectivity index (χ0v) is 43.1. The van der Waals surface area contributed by atoms with Gasteiger partial charge in [-0.1, -0.05) is 194 Å². The van der Waals surface area contributed by atoms with Gasteiger partial charge < -0.3 is 0 Å². The molecule has 0 N–H and O–H groups in total. The van der Waals surface area contributed by atoms with E-state index < -0.39 is 20.8 Å². The van der Waals surface area contributed by atoms with Crippen LogP contribution in [0.4, 0.5) is 0 Å². The predicted molar refractivity (Wildman–Crippen MR) is 286 cm³/mol. The van der Waals surface area contributed by atoms with E-state index in [4.69, 9.17) is 17.0 Å². The largest absolute Gasteiger partial charge is 0.184 e. The normalized spacial score (nSPS) is 11.1. The topological polar surface area (TPSA) is 0 Å².